The maximum Gasteiger partial charge on any atom is 0.416 e. The Hall–Kier alpha value is -2.38. The van der Waals surface area contributed by atoms with Gasteiger partial charge in [0.1, 0.15) is 6.54 Å². The third kappa shape index (κ3) is 3.52. The molecule has 0 unspecified atom stereocenters. The first-order valence-corrected chi connectivity index (χ1v) is 8.09. The summed E-state index contributed by atoms with van der Waals surface area (Å²) in [5, 5.41) is 2.32. The lowest BCUT2D eigenvalue weighted by Gasteiger charge is -2.19. The van der Waals surface area contributed by atoms with E-state index in [9.17, 15) is 27.6 Å². The maximum atomic E-state index is 12.7. The summed E-state index contributed by atoms with van der Waals surface area (Å²) in [7, 11) is 0. The molecule has 2 atom stereocenters. The average molecular weight is 354 g/mol. The molecular weight excluding hydrogens is 337 g/mol. The quantitative estimate of drug-likeness (QED) is 0.849. The molecule has 0 spiro atoms. The fourth-order valence-electron chi connectivity index (χ4n) is 3.50. The Morgan fingerprint density at radius 2 is 1.72 bits per heavy atom. The predicted molar refractivity (Wildman–Crippen MR) is 82.2 cm³/mol. The fourth-order valence-corrected chi connectivity index (χ4v) is 3.50. The van der Waals surface area contributed by atoms with Crippen molar-refractivity contribution >= 4 is 23.4 Å². The van der Waals surface area contributed by atoms with Crippen LogP contribution in [0.5, 0.6) is 0 Å². The zero-order valence-corrected chi connectivity index (χ0v) is 13.3. The number of halogens is 3. The number of hydrogen-bond acceptors (Lipinski definition) is 3. The van der Waals surface area contributed by atoms with E-state index in [-0.39, 0.29) is 29.3 Å². The number of benzene rings is 1. The van der Waals surface area contributed by atoms with Gasteiger partial charge < -0.3 is 5.32 Å². The third-order valence-corrected chi connectivity index (χ3v) is 4.71. The Bertz CT molecular complexity index is 693. The summed E-state index contributed by atoms with van der Waals surface area (Å²) in [6.07, 6.45) is -1.48. The number of nitrogens with one attached hydrogen (secondary N) is 1. The molecule has 3 rings (SSSR count). The number of amides is 3. The molecule has 0 bridgehead atoms. The highest BCUT2D eigenvalue weighted by Crippen LogP contribution is 2.38. The highest BCUT2D eigenvalue weighted by molar-refractivity contribution is 6.08. The van der Waals surface area contributed by atoms with Gasteiger partial charge in [0, 0.05) is 5.69 Å². The molecule has 1 aliphatic heterocycles. The predicted octanol–water partition coefficient (Wildman–Crippen LogP) is 2.82. The number of anilines is 1. The molecule has 0 radical (unpaired) electrons. The van der Waals surface area contributed by atoms with Crippen LogP contribution in [-0.4, -0.2) is 29.2 Å². The number of fused-ring (bicyclic) bond motifs is 1. The van der Waals surface area contributed by atoms with Gasteiger partial charge in [-0.15, -0.1) is 0 Å². The lowest BCUT2D eigenvalue weighted by Crippen LogP contribution is -2.38. The average Bonchev–Trinajstić information content (AvgIpc) is 2.80. The van der Waals surface area contributed by atoms with Crippen LogP contribution in [0.1, 0.15) is 31.2 Å². The molecular formula is C17H17F3N2O3. The van der Waals surface area contributed by atoms with Gasteiger partial charge in [-0.1, -0.05) is 18.9 Å². The van der Waals surface area contributed by atoms with Crippen LogP contribution in [0.3, 0.4) is 0 Å². The fraction of sp³-hybridized carbons (Fsp3) is 0.471. The van der Waals surface area contributed by atoms with Gasteiger partial charge in [0.25, 0.3) is 0 Å². The Kier molecular flexibility index (Phi) is 4.53. The normalized spacial score (nSPS) is 23.6. The monoisotopic (exact) mass is 354 g/mol. The first-order chi connectivity index (χ1) is 11.8. The van der Waals surface area contributed by atoms with Crippen molar-refractivity contribution in [3.8, 4) is 0 Å². The molecule has 2 aliphatic rings. The summed E-state index contributed by atoms with van der Waals surface area (Å²) >= 11 is 0. The minimum Gasteiger partial charge on any atom is -0.325 e. The topological polar surface area (TPSA) is 66.5 Å². The molecule has 25 heavy (non-hydrogen) atoms. The smallest absolute Gasteiger partial charge is 0.325 e. The van der Waals surface area contributed by atoms with Crippen molar-refractivity contribution in [1.29, 1.82) is 0 Å². The van der Waals surface area contributed by atoms with Gasteiger partial charge in [0.2, 0.25) is 17.7 Å². The summed E-state index contributed by atoms with van der Waals surface area (Å²) in [5.41, 5.74) is -0.916. The molecule has 1 aliphatic carbocycles. The van der Waals surface area contributed by atoms with Crippen LogP contribution in [0.2, 0.25) is 0 Å². The minimum atomic E-state index is -4.52. The van der Waals surface area contributed by atoms with Crippen LogP contribution >= 0.6 is 0 Å². The molecule has 1 aromatic rings. The van der Waals surface area contributed by atoms with Crippen LogP contribution < -0.4 is 5.32 Å². The molecule has 3 amide bonds. The molecule has 1 heterocycles. The van der Waals surface area contributed by atoms with Crippen molar-refractivity contribution in [2.24, 2.45) is 11.8 Å². The van der Waals surface area contributed by atoms with E-state index in [1.165, 1.54) is 12.1 Å². The van der Waals surface area contributed by atoms with E-state index in [1.807, 2.05) is 0 Å². The third-order valence-electron chi connectivity index (χ3n) is 4.71. The van der Waals surface area contributed by atoms with Crippen molar-refractivity contribution < 1.29 is 27.6 Å². The van der Waals surface area contributed by atoms with Crippen molar-refractivity contribution in [2.75, 3.05) is 11.9 Å². The van der Waals surface area contributed by atoms with E-state index in [4.69, 9.17) is 0 Å². The summed E-state index contributed by atoms with van der Waals surface area (Å²) in [6.45, 7) is -0.471. The summed E-state index contributed by atoms with van der Waals surface area (Å²) < 4.78 is 38.1. The molecule has 0 aromatic heterocycles. The Balaban J connectivity index is 1.67. The second-order valence-corrected chi connectivity index (χ2v) is 6.39. The highest BCUT2D eigenvalue weighted by Gasteiger charge is 2.48. The number of rotatable bonds is 3. The number of likely N-dealkylation sites (tertiary alicyclic amines) is 1. The Morgan fingerprint density at radius 1 is 1.12 bits per heavy atom. The van der Waals surface area contributed by atoms with Gasteiger partial charge in [-0.2, -0.15) is 13.2 Å². The second kappa shape index (κ2) is 6.50. The van der Waals surface area contributed by atoms with Gasteiger partial charge in [0.15, 0.2) is 0 Å². The van der Waals surface area contributed by atoms with E-state index >= 15 is 0 Å². The van der Waals surface area contributed by atoms with Gasteiger partial charge in [-0.25, -0.2) is 0 Å². The van der Waals surface area contributed by atoms with Gasteiger partial charge in [-0.05, 0) is 31.0 Å². The maximum absolute atomic E-state index is 12.7. The molecule has 8 heteroatoms. The lowest BCUT2D eigenvalue weighted by molar-refractivity contribution is -0.142. The van der Waals surface area contributed by atoms with Gasteiger partial charge in [0.05, 0.1) is 17.4 Å². The number of nitrogens with zero attached hydrogens (tertiary/aromatic N) is 1. The Labute approximate surface area is 142 Å². The number of imide groups is 1. The van der Waals surface area contributed by atoms with Crippen LogP contribution in [0.4, 0.5) is 18.9 Å². The number of carbonyl (C=O) groups excluding carboxylic acids is 3. The van der Waals surface area contributed by atoms with Crippen LogP contribution in [0, 0.1) is 11.8 Å². The van der Waals surface area contributed by atoms with E-state index in [2.05, 4.69) is 5.32 Å². The van der Waals surface area contributed by atoms with Gasteiger partial charge >= 0.3 is 6.18 Å². The molecule has 1 N–H and O–H groups in total. The second-order valence-electron chi connectivity index (χ2n) is 6.39. The molecule has 5 nitrogen and oxygen atoms in total. The molecule has 1 saturated heterocycles. The molecule has 1 aromatic carbocycles. The number of alkyl halides is 3. The zero-order chi connectivity index (χ0) is 18.2. The molecule has 134 valence electrons. The number of hydrogen-bond donors (Lipinski definition) is 1. The first-order valence-electron chi connectivity index (χ1n) is 8.09. The van der Waals surface area contributed by atoms with Crippen molar-refractivity contribution in [2.45, 2.75) is 31.9 Å². The van der Waals surface area contributed by atoms with E-state index in [0.717, 1.165) is 29.9 Å². The van der Waals surface area contributed by atoms with Crippen LogP contribution in [0.25, 0.3) is 0 Å². The molecule has 1 saturated carbocycles. The number of carbonyl (C=O) groups is 3. The van der Waals surface area contributed by atoms with Crippen molar-refractivity contribution in [3.63, 3.8) is 0 Å². The summed E-state index contributed by atoms with van der Waals surface area (Å²) in [5.74, 6) is -2.12. The standard InChI is InChI=1S/C17H17F3N2O3/c18-17(19,20)10-4-3-5-11(8-10)21-14(23)9-22-15(24)12-6-1-2-7-13(12)16(22)25/h3-5,8,12-13H,1-2,6-7,9H2,(H,21,23)/t12-,13-/m1/s1. The van der Waals surface area contributed by atoms with E-state index < -0.39 is 24.2 Å². The highest BCUT2D eigenvalue weighted by atomic mass is 19.4. The van der Waals surface area contributed by atoms with E-state index in [0.29, 0.717) is 12.8 Å². The van der Waals surface area contributed by atoms with Crippen LogP contribution in [0.15, 0.2) is 24.3 Å². The summed E-state index contributed by atoms with van der Waals surface area (Å²) in [6, 6.07) is 4.21. The SMILES string of the molecule is O=C(CN1C(=O)[C@@H]2CCCC[C@H]2C1=O)Nc1cccc(C(F)(F)F)c1. The Morgan fingerprint density at radius 3 is 2.28 bits per heavy atom. The van der Waals surface area contributed by atoms with Crippen molar-refractivity contribution in [3.05, 3.63) is 29.8 Å². The minimum absolute atomic E-state index is 0.0312. The summed E-state index contributed by atoms with van der Waals surface area (Å²) in [4.78, 5) is 37.6. The van der Waals surface area contributed by atoms with Crippen molar-refractivity contribution in [1.82, 2.24) is 4.90 Å². The largest absolute Gasteiger partial charge is 0.416 e. The zero-order valence-electron chi connectivity index (χ0n) is 13.3. The lowest BCUT2D eigenvalue weighted by atomic mass is 9.81. The first kappa shape index (κ1) is 17.4. The van der Waals surface area contributed by atoms with Crippen LogP contribution in [-0.2, 0) is 20.6 Å². The van der Waals surface area contributed by atoms with E-state index in [1.54, 1.807) is 0 Å². The molecule has 2 fully saturated rings. The van der Waals surface area contributed by atoms with Gasteiger partial charge in [-0.3, -0.25) is 19.3 Å².